The van der Waals surface area contributed by atoms with Crippen LogP contribution in [0.25, 0.3) is 10.8 Å². The second kappa shape index (κ2) is 7.97. The van der Waals surface area contributed by atoms with Gasteiger partial charge in [0.05, 0.1) is 0 Å². The molecule has 4 N–H and O–H groups in total. The van der Waals surface area contributed by atoms with Crippen LogP contribution in [-0.2, 0) is 4.79 Å². The summed E-state index contributed by atoms with van der Waals surface area (Å²) in [6, 6.07) is 11.1. The van der Waals surface area contributed by atoms with Gasteiger partial charge in [-0.05, 0) is 35.9 Å². The average molecular weight is 372 g/mol. The number of fused-ring (bicyclic) bond motifs is 1. The van der Waals surface area contributed by atoms with Gasteiger partial charge in [-0.3, -0.25) is 9.59 Å². The number of amides is 2. The van der Waals surface area contributed by atoms with E-state index in [2.05, 4.69) is 23.3 Å². The van der Waals surface area contributed by atoms with Crippen LogP contribution in [0.1, 0.15) is 17.3 Å². The molecule has 1 saturated heterocycles. The van der Waals surface area contributed by atoms with Gasteiger partial charge in [-0.25, -0.2) is 0 Å². The van der Waals surface area contributed by atoms with Gasteiger partial charge in [-0.2, -0.15) is 12.6 Å². The molecule has 3 rings (SSSR count). The molecule has 0 saturated carbocycles. The number of benzene rings is 2. The van der Waals surface area contributed by atoms with Crippen molar-refractivity contribution in [3.05, 3.63) is 42.0 Å². The highest BCUT2D eigenvalue weighted by Gasteiger charge is 2.30. The normalized spacial score (nSPS) is 18.5. The maximum absolute atomic E-state index is 13.0. The summed E-state index contributed by atoms with van der Waals surface area (Å²) in [7, 11) is 0. The quantitative estimate of drug-likeness (QED) is 0.599. The van der Waals surface area contributed by atoms with Gasteiger partial charge in [-0.1, -0.05) is 18.2 Å². The number of anilines is 1. The molecule has 26 heavy (non-hydrogen) atoms. The molecule has 0 radical (unpaired) electrons. The first-order valence-electron chi connectivity index (χ1n) is 8.73. The minimum absolute atomic E-state index is 0.0197. The van der Waals surface area contributed by atoms with Crippen molar-refractivity contribution in [3.63, 3.8) is 0 Å². The standard InChI is InChI=1S/C19H24N4O2S/c1-12-18(24)21-7-8-23(12)19(25)17-4-2-3-13-9-15(5-6-16(13)17)22-10-14(20)11-26/h2-6,9,12,14,22,26H,7-8,10-11,20H2,1H3,(H,21,24)/t12-,14+/m0/s1. The molecule has 2 aromatic rings. The molecular formula is C19H24N4O2S. The molecular weight excluding hydrogens is 348 g/mol. The van der Waals surface area contributed by atoms with E-state index in [1.165, 1.54) is 0 Å². The topological polar surface area (TPSA) is 87.5 Å². The van der Waals surface area contributed by atoms with E-state index in [1.807, 2.05) is 36.4 Å². The lowest BCUT2D eigenvalue weighted by Crippen LogP contribution is -2.55. The summed E-state index contributed by atoms with van der Waals surface area (Å²) in [4.78, 5) is 26.5. The third kappa shape index (κ3) is 3.78. The Morgan fingerprint density at radius 3 is 3.00 bits per heavy atom. The Balaban J connectivity index is 1.87. The van der Waals surface area contributed by atoms with E-state index in [0.29, 0.717) is 31.0 Å². The molecule has 2 aromatic carbocycles. The molecule has 0 aromatic heterocycles. The summed E-state index contributed by atoms with van der Waals surface area (Å²) < 4.78 is 0. The predicted molar refractivity (Wildman–Crippen MR) is 108 cm³/mol. The van der Waals surface area contributed by atoms with E-state index < -0.39 is 6.04 Å². The monoisotopic (exact) mass is 372 g/mol. The predicted octanol–water partition coefficient (Wildman–Crippen LogP) is 1.47. The third-order valence-corrected chi connectivity index (χ3v) is 5.14. The Hall–Kier alpha value is -2.25. The molecule has 0 spiro atoms. The number of hydrogen-bond donors (Lipinski definition) is 4. The Morgan fingerprint density at radius 2 is 2.23 bits per heavy atom. The fourth-order valence-electron chi connectivity index (χ4n) is 3.11. The lowest BCUT2D eigenvalue weighted by molar-refractivity contribution is -0.127. The SMILES string of the molecule is C[C@H]1C(=O)NCCN1C(=O)c1cccc2cc(NC[C@@H](N)CS)ccc12. The Bertz CT molecular complexity index is 826. The van der Waals surface area contributed by atoms with Crippen molar-refractivity contribution < 1.29 is 9.59 Å². The lowest BCUT2D eigenvalue weighted by atomic mass is 10.0. The maximum atomic E-state index is 13.0. The minimum Gasteiger partial charge on any atom is -0.383 e. The van der Waals surface area contributed by atoms with Gasteiger partial charge in [0.25, 0.3) is 5.91 Å². The van der Waals surface area contributed by atoms with E-state index >= 15 is 0 Å². The van der Waals surface area contributed by atoms with Crippen LogP contribution in [0.2, 0.25) is 0 Å². The van der Waals surface area contributed by atoms with Crippen molar-refractivity contribution >= 4 is 40.9 Å². The van der Waals surface area contributed by atoms with Gasteiger partial charge in [0.1, 0.15) is 6.04 Å². The first-order chi connectivity index (χ1) is 12.5. The van der Waals surface area contributed by atoms with Crippen molar-refractivity contribution in [2.75, 3.05) is 30.7 Å². The molecule has 1 heterocycles. The first-order valence-corrected chi connectivity index (χ1v) is 9.36. The summed E-state index contributed by atoms with van der Waals surface area (Å²) in [5, 5.41) is 7.92. The van der Waals surface area contributed by atoms with Gasteiger partial charge in [0.15, 0.2) is 0 Å². The van der Waals surface area contributed by atoms with Gasteiger partial charge < -0.3 is 21.3 Å². The zero-order valence-electron chi connectivity index (χ0n) is 14.7. The number of nitrogens with zero attached hydrogens (tertiary/aromatic N) is 1. The van der Waals surface area contributed by atoms with Crippen LogP contribution in [0.5, 0.6) is 0 Å². The molecule has 2 amide bonds. The van der Waals surface area contributed by atoms with Crippen molar-refractivity contribution in [1.29, 1.82) is 0 Å². The summed E-state index contributed by atoms with van der Waals surface area (Å²) >= 11 is 4.19. The number of nitrogens with one attached hydrogen (secondary N) is 2. The van der Waals surface area contributed by atoms with E-state index in [-0.39, 0.29) is 17.9 Å². The highest BCUT2D eigenvalue weighted by Crippen LogP contribution is 2.24. The van der Waals surface area contributed by atoms with Crippen molar-refractivity contribution in [2.24, 2.45) is 5.73 Å². The van der Waals surface area contributed by atoms with Crippen LogP contribution >= 0.6 is 12.6 Å². The fraction of sp³-hybridized carbons (Fsp3) is 0.368. The second-order valence-electron chi connectivity index (χ2n) is 6.53. The number of rotatable bonds is 5. The molecule has 138 valence electrons. The smallest absolute Gasteiger partial charge is 0.255 e. The minimum atomic E-state index is -0.463. The lowest BCUT2D eigenvalue weighted by Gasteiger charge is -2.33. The molecule has 0 aliphatic carbocycles. The number of piperazine rings is 1. The molecule has 0 unspecified atom stereocenters. The van der Waals surface area contributed by atoms with Crippen LogP contribution in [-0.4, -0.2) is 54.2 Å². The number of carbonyl (C=O) groups is 2. The number of carbonyl (C=O) groups excluding carboxylic acids is 2. The molecule has 6 nitrogen and oxygen atoms in total. The van der Waals surface area contributed by atoms with E-state index in [9.17, 15) is 9.59 Å². The summed E-state index contributed by atoms with van der Waals surface area (Å²) in [5.74, 6) is 0.383. The van der Waals surface area contributed by atoms with Crippen LogP contribution in [0.3, 0.4) is 0 Å². The summed E-state index contributed by atoms with van der Waals surface area (Å²) in [5.41, 5.74) is 7.45. The zero-order chi connectivity index (χ0) is 18.7. The van der Waals surface area contributed by atoms with E-state index in [0.717, 1.165) is 16.5 Å². The molecule has 1 fully saturated rings. The van der Waals surface area contributed by atoms with Crippen molar-refractivity contribution in [3.8, 4) is 0 Å². The Morgan fingerprint density at radius 1 is 1.42 bits per heavy atom. The fourth-order valence-corrected chi connectivity index (χ4v) is 3.24. The largest absolute Gasteiger partial charge is 0.383 e. The summed E-state index contributed by atoms with van der Waals surface area (Å²) in [6.07, 6.45) is 0. The maximum Gasteiger partial charge on any atom is 0.255 e. The number of hydrogen-bond acceptors (Lipinski definition) is 5. The molecule has 2 atom stereocenters. The Labute approximate surface area is 158 Å². The number of nitrogens with two attached hydrogens (primary N) is 1. The zero-order valence-corrected chi connectivity index (χ0v) is 15.6. The van der Waals surface area contributed by atoms with Crippen LogP contribution in [0.4, 0.5) is 5.69 Å². The van der Waals surface area contributed by atoms with Gasteiger partial charge in [0.2, 0.25) is 5.91 Å². The molecule has 7 heteroatoms. The van der Waals surface area contributed by atoms with Gasteiger partial charge in [0, 0.05) is 42.7 Å². The van der Waals surface area contributed by atoms with E-state index in [4.69, 9.17) is 5.73 Å². The van der Waals surface area contributed by atoms with Gasteiger partial charge in [-0.15, -0.1) is 0 Å². The highest BCUT2D eigenvalue weighted by atomic mass is 32.1. The molecule has 0 bridgehead atoms. The Kier molecular flexibility index (Phi) is 5.68. The third-order valence-electron chi connectivity index (χ3n) is 4.67. The highest BCUT2D eigenvalue weighted by molar-refractivity contribution is 7.80. The first kappa shape index (κ1) is 18.5. The van der Waals surface area contributed by atoms with Crippen LogP contribution in [0.15, 0.2) is 36.4 Å². The van der Waals surface area contributed by atoms with Crippen molar-refractivity contribution in [2.45, 2.75) is 19.0 Å². The van der Waals surface area contributed by atoms with Gasteiger partial charge >= 0.3 is 0 Å². The van der Waals surface area contributed by atoms with Crippen molar-refractivity contribution in [1.82, 2.24) is 10.2 Å². The number of thiol groups is 1. The van der Waals surface area contributed by atoms with Crippen LogP contribution < -0.4 is 16.4 Å². The second-order valence-corrected chi connectivity index (χ2v) is 6.90. The van der Waals surface area contributed by atoms with Crippen LogP contribution in [0, 0.1) is 0 Å². The summed E-state index contributed by atoms with van der Waals surface area (Å²) in [6.45, 7) is 3.39. The average Bonchev–Trinajstić information content (AvgIpc) is 2.67. The van der Waals surface area contributed by atoms with E-state index in [1.54, 1.807) is 11.8 Å². The molecule has 1 aliphatic rings. The molecule has 1 aliphatic heterocycles.